The Morgan fingerprint density at radius 1 is 1.22 bits per heavy atom. The van der Waals surface area contributed by atoms with Crippen LogP contribution in [0.4, 0.5) is 0 Å². The first-order valence-electron chi connectivity index (χ1n) is 6.59. The summed E-state index contributed by atoms with van der Waals surface area (Å²) in [6.45, 7) is -0.0810. The molecule has 0 aliphatic rings. The van der Waals surface area contributed by atoms with Crippen LogP contribution in [0.2, 0.25) is 0 Å². The van der Waals surface area contributed by atoms with Crippen molar-refractivity contribution < 1.29 is 17.6 Å². The Hall–Kier alpha value is -2.23. The standard InChI is InChI=1S/C14H13N3O4S2/c1-20-11-6-3-2-5-10(11)14-17-16-12(21-14)9-15-23(18,19)13-7-4-8-22-13/h2-8,15H,9H2,1H3. The maximum absolute atomic E-state index is 12.0. The topological polar surface area (TPSA) is 94.3 Å². The Bertz CT molecular complexity index is 888. The molecule has 2 heterocycles. The number of rotatable bonds is 6. The number of benzene rings is 1. The van der Waals surface area contributed by atoms with Crippen molar-refractivity contribution in [1.82, 2.24) is 14.9 Å². The number of hydrogen-bond donors (Lipinski definition) is 1. The van der Waals surface area contributed by atoms with Gasteiger partial charge in [0.1, 0.15) is 9.96 Å². The molecule has 9 heteroatoms. The number of para-hydroxylation sites is 1. The van der Waals surface area contributed by atoms with Crippen LogP contribution in [-0.4, -0.2) is 25.7 Å². The lowest BCUT2D eigenvalue weighted by atomic mass is 10.2. The number of nitrogens with zero attached hydrogens (tertiary/aromatic N) is 2. The summed E-state index contributed by atoms with van der Waals surface area (Å²) < 4.78 is 37.5. The number of aromatic nitrogens is 2. The molecule has 1 N–H and O–H groups in total. The van der Waals surface area contributed by atoms with Gasteiger partial charge in [0.05, 0.1) is 19.2 Å². The zero-order chi connectivity index (χ0) is 16.3. The monoisotopic (exact) mass is 351 g/mol. The van der Waals surface area contributed by atoms with E-state index >= 15 is 0 Å². The van der Waals surface area contributed by atoms with Gasteiger partial charge < -0.3 is 9.15 Å². The zero-order valence-electron chi connectivity index (χ0n) is 12.1. The van der Waals surface area contributed by atoms with E-state index in [2.05, 4.69) is 14.9 Å². The average Bonchev–Trinajstić information content (AvgIpc) is 3.25. The molecular formula is C14H13N3O4S2. The summed E-state index contributed by atoms with van der Waals surface area (Å²) in [5, 5.41) is 9.48. The summed E-state index contributed by atoms with van der Waals surface area (Å²) >= 11 is 1.14. The van der Waals surface area contributed by atoms with Gasteiger partial charge in [-0.15, -0.1) is 21.5 Å². The van der Waals surface area contributed by atoms with Crippen molar-refractivity contribution in [2.45, 2.75) is 10.8 Å². The van der Waals surface area contributed by atoms with Crippen LogP contribution in [0.15, 0.2) is 50.4 Å². The number of thiophene rings is 1. The highest BCUT2D eigenvalue weighted by atomic mass is 32.2. The van der Waals surface area contributed by atoms with E-state index in [1.165, 1.54) is 6.07 Å². The van der Waals surface area contributed by atoms with Gasteiger partial charge in [0.15, 0.2) is 0 Å². The fraction of sp³-hybridized carbons (Fsp3) is 0.143. The zero-order valence-corrected chi connectivity index (χ0v) is 13.7. The third-order valence-corrected chi connectivity index (χ3v) is 5.78. The van der Waals surface area contributed by atoms with Gasteiger partial charge in [-0.05, 0) is 23.6 Å². The van der Waals surface area contributed by atoms with Gasteiger partial charge in [-0.2, -0.15) is 0 Å². The van der Waals surface area contributed by atoms with Gasteiger partial charge in [0.25, 0.3) is 15.9 Å². The molecule has 1 aromatic carbocycles. The predicted molar refractivity (Wildman–Crippen MR) is 84.6 cm³/mol. The van der Waals surface area contributed by atoms with Gasteiger partial charge in [-0.1, -0.05) is 18.2 Å². The Morgan fingerprint density at radius 2 is 2.04 bits per heavy atom. The molecule has 0 atom stereocenters. The number of sulfonamides is 1. The van der Waals surface area contributed by atoms with Gasteiger partial charge in [0, 0.05) is 0 Å². The molecule has 0 saturated heterocycles. The van der Waals surface area contributed by atoms with Crippen molar-refractivity contribution in [3.05, 3.63) is 47.7 Å². The summed E-state index contributed by atoms with van der Waals surface area (Å²) in [5.74, 6) is 1.04. The molecule has 3 aromatic rings. The van der Waals surface area contributed by atoms with Crippen molar-refractivity contribution in [2.24, 2.45) is 0 Å². The molecular weight excluding hydrogens is 338 g/mol. The van der Waals surface area contributed by atoms with Crippen LogP contribution in [0.25, 0.3) is 11.5 Å². The van der Waals surface area contributed by atoms with Crippen LogP contribution >= 0.6 is 11.3 Å². The van der Waals surface area contributed by atoms with Crippen molar-refractivity contribution in [3.63, 3.8) is 0 Å². The molecule has 0 fully saturated rings. The lowest BCUT2D eigenvalue weighted by Gasteiger charge is -2.03. The quantitative estimate of drug-likeness (QED) is 0.732. The molecule has 3 rings (SSSR count). The SMILES string of the molecule is COc1ccccc1-c1nnc(CNS(=O)(=O)c2cccs2)o1. The van der Waals surface area contributed by atoms with Gasteiger partial charge in [0.2, 0.25) is 5.89 Å². The Kier molecular flexibility index (Phi) is 4.42. The van der Waals surface area contributed by atoms with E-state index in [-0.39, 0.29) is 22.5 Å². The normalized spacial score (nSPS) is 11.5. The molecule has 0 radical (unpaired) electrons. The first-order chi connectivity index (χ1) is 11.1. The number of ether oxygens (including phenoxy) is 1. The maximum Gasteiger partial charge on any atom is 0.251 e. The Morgan fingerprint density at radius 3 is 2.78 bits per heavy atom. The molecule has 0 spiro atoms. The van der Waals surface area contributed by atoms with Gasteiger partial charge in [-0.3, -0.25) is 0 Å². The van der Waals surface area contributed by atoms with Gasteiger partial charge in [-0.25, -0.2) is 13.1 Å². The van der Waals surface area contributed by atoms with E-state index in [4.69, 9.17) is 9.15 Å². The second-order valence-electron chi connectivity index (χ2n) is 4.46. The summed E-state index contributed by atoms with van der Waals surface area (Å²) in [7, 11) is -2.02. The van der Waals surface area contributed by atoms with E-state index in [9.17, 15) is 8.42 Å². The minimum absolute atomic E-state index is 0.0810. The molecule has 2 aromatic heterocycles. The smallest absolute Gasteiger partial charge is 0.251 e. The molecule has 7 nitrogen and oxygen atoms in total. The van der Waals surface area contributed by atoms with Crippen LogP contribution < -0.4 is 9.46 Å². The molecule has 0 aliphatic carbocycles. The highest BCUT2D eigenvalue weighted by molar-refractivity contribution is 7.91. The summed E-state index contributed by atoms with van der Waals surface area (Å²) in [6.07, 6.45) is 0. The van der Waals surface area contributed by atoms with E-state index in [0.717, 1.165) is 11.3 Å². The van der Waals surface area contributed by atoms with Crippen LogP contribution in [0, 0.1) is 0 Å². The fourth-order valence-electron chi connectivity index (χ4n) is 1.90. The largest absolute Gasteiger partial charge is 0.496 e. The van der Waals surface area contributed by atoms with Crippen molar-refractivity contribution in [2.75, 3.05) is 7.11 Å². The Labute approximate surface area is 137 Å². The lowest BCUT2D eigenvalue weighted by Crippen LogP contribution is -2.22. The maximum atomic E-state index is 12.0. The molecule has 0 amide bonds. The number of methoxy groups -OCH3 is 1. The van der Waals surface area contributed by atoms with Gasteiger partial charge >= 0.3 is 0 Å². The first-order valence-corrected chi connectivity index (χ1v) is 8.95. The van der Waals surface area contributed by atoms with Crippen LogP contribution in [0.1, 0.15) is 5.89 Å². The second kappa shape index (κ2) is 6.49. The third-order valence-electron chi connectivity index (χ3n) is 2.98. The first kappa shape index (κ1) is 15.7. The average molecular weight is 351 g/mol. The molecule has 0 bridgehead atoms. The fourth-order valence-corrected chi connectivity index (χ4v) is 3.91. The minimum Gasteiger partial charge on any atom is -0.496 e. The highest BCUT2D eigenvalue weighted by Crippen LogP contribution is 2.28. The van der Waals surface area contributed by atoms with Crippen LogP contribution in [-0.2, 0) is 16.6 Å². The van der Waals surface area contributed by atoms with E-state index < -0.39 is 10.0 Å². The highest BCUT2D eigenvalue weighted by Gasteiger charge is 2.17. The number of nitrogens with one attached hydrogen (secondary N) is 1. The van der Waals surface area contributed by atoms with Crippen molar-refractivity contribution >= 4 is 21.4 Å². The molecule has 120 valence electrons. The molecule has 23 heavy (non-hydrogen) atoms. The van der Waals surface area contributed by atoms with Crippen LogP contribution in [0.5, 0.6) is 5.75 Å². The van der Waals surface area contributed by atoms with E-state index in [1.807, 2.05) is 12.1 Å². The van der Waals surface area contributed by atoms with Crippen molar-refractivity contribution in [3.8, 4) is 17.2 Å². The van der Waals surface area contributed by atoms with E-state index in [1.54, 1.807) is 30.7 Å². The van der Waals surface area contributed by atoms with Crippen molar-refractivity contribution in [1.29, 1.82) is 0 Å². The summed E-state index contributed by atoms with van der Waals surface area (Å²) in [6, 6.07) is 10.4. The van der Waals surface area contributed by atoms with E-state index in [0.29, 0.717) is 11.3 Å². The molecule has 0 unspecified atom stereocenters. The summed E-state index contributed by atoms with van der Waals surface area (Å²) in [5.41, 5.74) is 0.648. The number of hydrogen-bond acceptors (Lipinski definition) is 7. The molecule has 0 aliphatic heterocycles. The predicted octanol–water partition coefficient (Wildman–Crippen LogP) is 2.29. The Balaban J connectivity index is 1.76. The third kappa shape index (κ3) is 3.41. The summed E-state index contributed by atoms with van der Waals surface area (Å²) in [4.78, 5) is 0. The second-order valence-corrected chi connectivity index (χ2v) is 7.40. The molecule has 0 saturated carbocycles. The minimum atomic E-state index is -3.57. The van der Waals surface area contributed by atoms with Crippen LogP contribution in [0.3, 0.4) is 0 Å². The lowest BCUT2D eigenvalue weighted by molar-refractivity contribution is 0.413.